The van der Waals surface area contributed by atoms with Crippen molar-refractivity contribution in [2.75, 3.05) is 24.3 Å². The molecule has 3 nitrogen and oxygen atoms in total. The van der Waals surface area contributed by atoms with E-state index in [0.717, 1.165) is 11.3 Å². The van der Waals surface area contributed by atoms with Crippen LogP contribution in [0.2, 0.25) is 0 Å². The molecule has 2 aromatic carbocycles. The molecule has 0 aliphatic rings. The van der Waals surface area contributed by atoms with Crippen molar-refractivity contribution in [3.8, 4) is 5.75 Å². The summed E-state index contributed by atoms with van der Waals surface area (Å²) in [5.41, 5.74) is 8.67. The van der Waals surface area contributed by atoms with E-state index in [1.807, 2.05) is 37.1 Å². The lowest BCUT2D eigenvalue weighted by atomic mass is 10.2. The second-order valence-corrected chi connectivity index (χ2v) is 4.60. The Balaban J connectivity index is 2.18. The van der Waals surface area contributed by atoms with Crippen LogP contribution in [-0.4, -0.2) is 13.7 Å². The van der Waals surface area contributed by atoms with E-state index in [4.69, 9.17) is 10.5 Å². The zero-order chi connectivity index (χ0) is 14.5. The number of nitrogens with two attached hydrogens (primary N) is 1. The third kappa shape index (κ3) is 3.20. The summed E-state index contributed by atoms with van der Waals surface area (Å²) in [6, 6.07) is 12.2. The highest BCUT2D eigenvalue weighted by Crippen LogP contribution is 2.32. The molecular weight excluding hydrogens is 255 g/mol. The fraction of sp³-hybridized carbons (Fsp3) is 0.250. The van der Waals surface area contributed by atoms with Crippen molar-refractivity contribution in [2.45, 2.75) is 13.5 Å². The molecule has 0 bridgehead atoms. The maximum absolute atomic E-state index is 12.9. The average molecular weight is 274 g/mol. The van der Waals surface area contributed by atoms with Crippen molar-refractivity contribution >= 4 is 11.4 Å². The summed E-state index contributed by atoms with van der Waals surface area (Å²) in [4.78, 5) is 2.02. The molecule has 2 N–H and O–H groups in total. The molecule has 0 spiro atoms. The molecule has 0 aliphatic heterocycles. The zero-order valence-electron chi connectivity index (χ0n) is 11.8. The van der Waals surface area contributed by atoms with E-state index in [9.17, 15) is 4.39 Å². The minimum absolute atomic E-state index is 0.228. The monoisotopic (exact) mass is 274 g/mol. The molecule has 0 aliphatic carbocycles. The van der Waals surface area contributed by atoms with Crippen molar-refractivity contribution in [3.63, 3.8) is 0 Å². The van der Waals surface area contributed by atoms with E-state index in [1.165, 1.54) is 12.1 Å². The molecule has 0 unspecified atom stereocenters. The topological polar surface area (TPSA) is 38.5 Å². The summed E-state index contributed by atoms with van der Waals surface area (Å²) >= 11 is 0. The number of anilines is 2. The standard InChI is InChI=1S/C16H19FN2O/c1-3-20-15-6-4-5-14(16(15)18)19(2)11-12-7-9-13(17)10-8-12/h4-10H,3,11,18H2,1-2H3. The van der Waals surface area contributed by atoms with E-state index in [1.54, 1.807) is 12.1 Å². The first-order chi connectivity index (χ1) is 9.61. The number of rotatable bonds is 5. The Morgan fingerprint density at radius 1 is 1.15 bits per heavy atom. The fourth-order valence-corrected chi connectivity index (χ4v) is 2.10. The maximum atomic E-state index is 12.9. The lowest BCUT2D eigenvalue weighted by Gasteiger charge is -2.22. The average Bonchev–Trinajstić information content (AvgIpc) is 2.44. The van der Waals surface area contributed by atoms with Gasteiger partial charge in [-0.2, -0.15) is 0 Å². The van der Waals surface area contributed by atoms with Gasteiger partial charge in [-0.25, -0.2) is 4.39 Å². The highest BCUT2D eigenvalue weighted by Gasteiger charge is 2.10. The van der Waals surface area contributed by atoms with Gasteiger partial charge in [0.1, 0.15) is 11.6 Å². The van der Waals surface area contributed by atoms with Gasteiger partial charge in [-0.05, 0) is 36.8 Å². The van der Waals surface area contributed by atoms with Gasteiger partial charge in [0.2, 0.25) is 0 Å². The molecule has 0 fully saturated rings. The summed E-state index contributed by atoms with van der Waals surface area (Å²) < 4.78 is 18.4. The van der Waals surface area contributed by atoms with E-state index >= 15 is 0 Å². The Hall–Kier alpha value is -2.23. The predicted octanol–water partition coefficient (Wildman–Crippen LogP) is 3.44. The van der Waals surface area contributed by atoms with Crippen LogP contribution in [0.4, 0.5) is 15.8 Å². The number of nitrogens with zero attached hydrogens (tertiary/aromatic N) is 1. The van der Waals surface area contributed by atoms with Crippen LogP contribution in [0.25, 0.3) is 0 Å². The van der Waals surface area contributed by atoms with Crippen LogP contribution in [-0.2, 0) is 6.54 Å². The number of nitrogen functional groups attached to an aromatic ring is 1. The second-order valence-electron chi connectivity index (χ2n) is 4.60. The molecule has 2 aromatic rings. The SMILES string of the molecule is CCOc1cccc(N(C)Cc2ccc(F)cc2)c1N. The van der Waals surface area contributed by atoms with Gasteiger partial charge in [0.15, 0.2) is 0 Å². The number of benzene rings is 2. The van der Waals surface area contributed by atoms with Crippen LogP contribution in [0.1, 0.15) is 12.5 Å². The van der Waals surface area contributed by atoms with Crippen LogP contribution < -0.4 is 15.4 Å². The third-order valence-electron chi connectivity index (χ3n) is 3.09. The maximum Gasteiger partial charge on any atom is 0.144 e. The lowest BCUT2D eigenvalue weighted by Crippen LogP contribution is -2.18. The number of para-hydroxylation sites is 1. The van der Waals surface area contributed by atoms with Crippen molar-refractivity contribution in [1.82, 2.24) is 0 Å². The summed E-state index contributed by atoms with van der Waals surface area (Å²) in [6.45, 7) is 3.16. The molecule has 0 aromatic heterocycles. The van der Waals surface area contributed by atoms with Crippen molar-refractivity contribution in [3.05, 3.63) is 53.8 Å². The molecule has 0 heterocycles. The Labute approximate surface area is 118 Å². The van der Waals surface area contributed by atoms with Gasteiger partial charge in [-0.15, -0.1) is 0 Å². The van der Waals surface area contributed by atoms with E-state index in [2.05, 4.69) is 0 Å². The summed E-state index contributed by atoms with van der Waals surface area (Å²) in [7, 11) is 1.95. The van der Waals surface area contributed by atoms with Gasteiger partial charge in [-0.1, -0.05) is 18.2 Å². The van der Waals surface area contributed by atoms with Gasteiger partial charge in [0.05, 0.1) is 18.0 Å². The second kappa shape index (κ2) is 6.28. The Morgan fingerprint density at radius 3 is 2.50 bits per heavy atom. The fourth-order valence-electron chi connectivity index (χ4n) is 2.10. The van der Waals surface area contributed by atoms with Crippen molar-refractivity contribution in [2.24, 2.45) is 0 Å². The van der Waals surface area contributed by atoms with Crippen LogP contribution in [0, 0.1) is 5.82 Å². The van der Waals surface area contributed by atoms with E-state index in [0.29, 0.717) is 24.6 Å². The minimum Gasteiger partial charge on any atom is -0.492 e. The van der Waals surface area contributed by atoms with Crippen LogP contribution in [0.3, 0.4) is 0 Å². The molecule has 4 heteroatoms. The lowest BCUT2D eigenvalue weighted by molar-refractivity contribution is 0.342. The largest absolute Gasteiger partial charge is 0.492 e. The number of hydrogen-bond donors (Lipinski definition) is 1. The molecule has 2 rings (SSSR count). The van der Waals surface area contributed by atoms with Crippen LogP contribution in [0.5, 0.6) is 5.75 Å². The van der Waals surface area contributed by atoms with Gasteiger partial charge in [0, 0.05) is 13.6 Å². The molecule has 20 heavy (non-hydrogen) atoms. The number of halogens is 1. The smallest absolute Gasteiger partial charge is 0.144 e. The zero-order valence-corrected chi connectivity index (χ0v) is 11.8. The predicted molar refractivity (Wildman–Crippen MR) is 80.5 cm³/mol. The molecule has 0 saturated heterocycles. The number of hydrogen-bond acceptors (Lipinski definition) is 3. The van der Waals surface area contributed by atoms with Crippen molar-refractivity contribution < 1.29 is 9.13 Å². The first-order valence-electron chi connectivity index (χ1n) is 6.58. The molecule has 0 saturated carbocycles. The first kappa shape index (κ1) is 14.2. The normalized spacial score (nSPS) is 10.3. The summed E-state index contributed by atoms with van der Waals surface area (Å²) in [5, 5.41) is 0. The quantitative estimate of drug-likeness (QED) is 0.849. The van der Waals surface area contributed by atoms with Crippen LogP contribution >= 0.6 is 0 Å². The number of ether oxygens (including phenoxy) is 1. The van der Waals surface area contributed by atoms with Gasteiger partial charge < -0.3 is 15.4 Å². The molecule has 0 radical (unpaired) electrons. The third-order valence-corrected chi connectivity index (χ3v) is 3.09. The Kier molecular flexibility index (Phi) is 4.45. The summed E-state index contributed by atoms with van der Waals surface area (Å²) in [5.74, 6) is 0.463. The Morgan fingerprint density at radius 2 is 1.85 bits per heavy atom. The highest BCUT2D eigenvalue weighted by molar-refractivity contribution is 5.73. The van der Waals surface area contributed by atoms with Crippen LogP contribution in [0.15, 0.2) is 42.5 Å². The van der Waals surface area contributed by atoms with Gasteiger partial charge in [0.25, 0.3) is 0 Å². The Bertz CT molecular complexity index is 569. The van der Waals surface area contributed by atoms with E-state index in [-0.39, 0.29) is 5.82 Å². The van der Waals surface area contributed by atoms with E-state index < -0.39 is 0 Å². The summed E-state index contributed by atoms with van der Waals surface area (Å²) in [6.07, 6.45) is 0. The van der Waals surface area contributed by atoms with Gasteiger partial charge >= 0.3 is 0 Å². The molecule has 0 atom stereocenters. The molecular formula is C16H19FN2O. The molecule has 106 valence electrons. The first-order valence-corrected chi connectivity index (χ1v) is 6.58. The van der Waals surface area contributed by atoms with Gasteiger partial charge in [-0.3, -0.25) is 0 Å². The molecule has 0 amide bonds. The van der Waals surface area contributed by atoms with Crippen molar-refractivity contribution in [1.29, 1.82) is 0 Å². The highest BCUT2D eigenvalue weighted by atomic mass is 19.1. The minimum atomic E-state index is -0.228.